The Morgan fingerprint density at radius 3 is 2.74 bits per heavy atom. The second-order valence-electron chi connectivity index (χ2n) is 3.68. The van der Waals surface area contributed by atoms with Crippen LogP contribution in [0.15, 0.2) is 4.52 Å². The fraction of sp³-hybridized carbons (Fsp3) is 0.600. The number of hydrogen-bond donors (Lipinski definition) is 3. The SMILES string of the molecule is COC(CNC(=O)NCCc1nc(C)no1)C(=O)O. The highest BCUT2D eigenvalue weighted by molar-refractivity contribution is 5.76. The summed E-state index contributed by atoms with van der Waals surface area (Å²) in [6.45, 7) is 1.89. The number of nitrogens with zero attached hydrogens (tertiary/aromatic N) is 2. The molecule has 0 aliphatic carbocycles. The second-order valence-corrected chi connectivity index (χ2v) is 3.68. The molecular formula is C10H16N4O5. The van der Waals surface area contributed by atoms with Gasteiger partial charge < -0.3 is 25.0 Å². The van der Waals surface area contributed by atoms with E-state index in [1.54, 1.807) is 6.92 Å². The van der Waals surface area contributed by atoms with Crippen LogP contribution in [0.3, 0.4) is 0 Å². The molecule has 1 heterocycles. The molecule has 0 saturated carbocycles. The van der Waals surface area contributed by atoms with Crippen LogP contribution in [0.1, 0.15) is 11.7 Å². The lowest BCUT2D eigenvalue weighted by Crippen LogP contribution is -2.43. The van der Waals surface area contributed by atoms with Crippen molar-refractivity contribution in [1.82, 2.24) is 20.8 Å². The minimum Gasteiger partial charge on any atom is -0.479 e. The number of carboxylic acids is 1. The standard InChI is InChI=1S/C10H16N4O5/c1-6-13-8(19-14-6)3-4-11-10(17)12-5-7(18-2)9(15)16/h7H,3-5H2,1-2H3,(H,15,16)(H2,11,12,17). The van der Waals surface area contributed by atoms with E-state index >= 15 is 0 Å². The molecule has 0 saturated heterocycles. The Morgan fingerprint density at radius 2 is 2.21 bits per heavy atom. The lowest BCUT2D eigenvalue weighted by molar-refractivity contribution is -0.147. The zero-order valence-corrected chi connectivity index (χ0v) is 10.7. The number of aliphatic carboxylic acids is 1. The van der Waals surface area contributed by atoms with Gasteiger partial charge >= 0.3 is 12.0 Å². The van der Waals surface area contributed by atoms with Crippen molar-refractivity contribution in [2.75, 3.05) is 20.2 Å². The van der Waals surface area contributed by atoms with Crippen LogP contribution in [0.2, 0.25) is 0 Å². The fourth-order valence-corrected chi connectivity index (χ4v) is 1.24. The lowest BCUT2D eigenvalue weighted by atomic mass is 10.3. The van der Waals surface area contributed by atoms with E-state index in [2.05, 4.69) is 25.5 Å². The maximum Gasteiger partial charge on any atom is 0.334 e. The number of rotatable bonds is 7. The highest BCUT2D eigenvalue weighted by atomic mass is 16.5. The van der Waals surface area contributed by atoms with Crippen molar-refractivity contribution >= 4 is 12.0 Å². The van der Waals surface area contributed by atoms with Crippen LogP contribution >= 0.6 is 0 Å². The molecule has 2 amide bonds. The van der Waals surface area contributed by atoms with Gasteiger partial charge in [0, 0.05) is 20.1 Å². The third-order valence-corrected chi connectivity index (χ3v) is 2.20. The molecule has 9 heteroatoms. The number of methoxy groups -OCH3 is 1. The van der Waals surface area contributed by atoms with Gasteiger partial charge in [-0.15, -0.1) is 0 Å². The van der Waals surface area contributed by atoms with Gasteiger partial charge in [-0.25, -0.2) is 9.59 Å². The summed E-state index contributed by atoms with van der Waals surface area (Å²) in [5.41, 5.74) is 0. The molecule has 1 aromatic rings. The summed E-state index contributed by atoms with van der Waals surface area (Å²) in [5.74, 6) is -0.175. The molecule has 1 rings (SSSR count). The molecule has 0 aromatic carbocycles. The Morgan fingerprint density at radius 1 is 1.47 bits per heavy atom. The summed E-state index contributed by atoms with van der Waals surface area (Å²) < 4.78 is 9.53. The number of aryl methyl sites for hydroxylation is 1. The number of carbonyl (C=O) groups excluding carboxylic acids is 1. The summed E-state index contributed by atoms with van der Waals surface area (Å²) in [7, 11) is 1.26. The number of amides is 2. The van der Waals surface area contributed by atoms with Gasteiger partial charge in [-0.3, -0.25) is 0 Å². The van der Waals surface area contributed by atoms with Crippen molar-refractivity contribution in [3.63, 3.8) is 0 Å². The molecule has 3 N–H and O–H groups in total. The minimum absolute atomic E-state index is 0.114. The van der Waals surface area contributed by atoms with Crippen LogP contribution in [0, 0.1) is 6.92 Å². The van der Waals surface area contributed by atoms with Crippen molar-refractivity contribution in [2.24, 2.45) is 0 Å². The van der Waals surface area contributed by atoms with Gasteiger partial charge in [-0.2, -0.15) is 4.98 Å². The zero-order valence-electron chi connectivity index (χ0n) is 10.7. The highest BCUT2D eigenvalue weighted by Crippen LogP contribution is 1.95. The number of hydrogen-bond acceptors (Lipinski definition) is 6. The number of carbonyl (C=O) groups is 2. The average molecular weight is 272 g/mol. The van der Waals surface area contributed by atoms with E-state index in [9.17, 15) is 9.59 Å². The van der Waals surface area contributed by atoms with E-state index in [-0.39, 0.29) is 6.54 Å². The first-order chi connectivity index (χ1) is 9.02. The van der Waals surface area contributed by atoms with Gasteiger partial charge in [0.15, 0.2) is 11.9 Å². The van der Waals surface area contributed by atoms with Crippen LogP contribution in [-0.2, 0) is 16.0 Å². The molecule has 0 spiro atoms. The van der Waals surface area contributed by atoms with Crippen molar-refractivity contribution in [1.29, 1.82) is 0 Å². The van der Waals surface area contributed by atoms with Gasteiger partial charge in [0.25, 0.3) is 0 Å². The van der Waals surface area contributed by atoms with E-state index in [0.29, 0.717) is 24.7 Å². The van der Waals surface area contributed by atoms with E-state index in [4.69, 9.17) is 9.63 Å². The molecule has 19 heavy (non-hydrogen) atoms. The molecule has 0 bridgehead atoms. The predicted octanol–water partition coefficient (Wildman–Crippen LogP) is -0.681. The van der Waals surface area contributed by atoms with E-state index < -0.39 is 18.1 Å². The summed E-state index contributed by atoms with van der Waals surface area (Å²) in [5, 5.41) is 17.2. The number of nitrogens with one attached hydrogen (secondary N) is 2. The van der Waals surface area contributed by atoms with Crippen molar-refractivity contribution in [3.05, 3.63) is 11.7 Å². The smallest absolute Gasteiger partial charge is 0.334 e. The van der Waals surface area contributed by atoms with Gasteiger partial charge in [0.05, 0.1) is 6.54 Å². The lowest BCUT2D eigenvalue weighted by Gasteiger charge is -2.11. The van der Waals surface area contributed by atoms with Crippen LogP contribution in [-0.4, -0.2) is 53.6 Å². The topological polar surface area (TPSA) is 127 Å². The van der Waals surface area contributed by atoms with Crippen LogP contribution in [0.25, 0.3) is 0 Å². The first-order valence-electron chi connectivity index (χ1n) is 5.59. The summed E-state index contributed by atoms with van der Waals surface area (Å²) in [6.07, 6.45) is -0.662. The van der Waals surface area contributed by atoms with Crippen molar-refractivity contribution < 1.29 is 24.0 Å². The Labute approximate surface area is 109 Å². The Bertz CT molecular complexity index is 433. The molecule has 1 atom stereocenters. The predicted molar refractivity (Wildman–Crippen MR) is 62.6 cm³/mol. The van der Waals surface area contributed by atoms with E-state index in [1.165, 1.54) is 7.11 Å². The van der Waals surface area contributed by atoms with Crippen LogP contribution in [0.5, 0.6) is 0 Å². The molecule has 1 unspecified atom stereocenters. The molecule has 106 valence electrons. The molecule has 0 radical (unpaired) electrons. The highest BCUT2D eigenvalue weighted by Gasteiger charge is 2.16. The van der Waals surface area contributed by atoms with E-state index in [0.717, 1.165) is 0 Å². The molecular weight excluding hydrogens is 256 g/mol. The zero-order chi connectivity index (χ0) is 14.3. The normalized spacial score (nSPS) is 11.9. The molecule has 0 fully saturated rings. The monoisotopic (exact) mass is 272 g/mol. The summed E-state index contributed by atoms with van der Waals surface area (Å²) in [6, 6.07) is -0.487. The first kappa shape index (κ1) is 14.9. The second kappa shape index (κ2) is 7.31. The number of aromatic nitrogens is 2. The molecule has 1 aromatic heterocycles. The minimum atomic E-state index is -1.14. The maximum atomic E-state index is 11.3. The molecule has 0 aliphatic heterocycles. The third kappa shape index (κ3) is 5.34. The van der Waals surface area contributed by atoms with Crippen LogP contribution < -0.4 is 10.6 Å². The van der Waals surface area contributed by atoms with Crippen molar-refractivity contribution in [3.8, 4) is 0 Å². The Kier molecular flexibility index (Phi) is 5.73. The van der Waals surface area contributed by atoms with Gasteiger partial charge in [-0.05, 0) is 6.92 Å². The van der Waals surface area contributed by atoms with Gasteiger partial charge in [0.2, 0.25) is 5.89 Å². The summed E-state index contributed by atoms with van der Waals surface area (Å²) >= 11 is 0. The number of ether oxygens (including phenoxy) is 1. The fourth-order valence-electron chi connectivity index (χ4n) is 1.24. The van der Waals surface area contributed by atoms with Crippen LogP contribution in [0.4, 0.5) is 4.79 Å². The maximum absolute atomic E-state index is 11.3. The van der Waals surface area contributed by atoms with Gasteiger partial charge in [-0.1, -0.05) is 5.16 Å². The number of urea groups is 1. The third-order valence-electron chi connectivity index (χ3n) is 2.20. The van der Waals surface area contributed by atoms with E-state index in [1.807, 2.05) is 0 Å². The number of carboxylic acid groups (broad SMARTS) is 1. The molecule has 0 aliphatic rings. The van der Waals surface area contributed by atoms with Gasteiger partial charge in [0.1, 0.15) is 0 Å². The Balaban J connectivity index is 2.19. The van der Waals surface area contributed by atoms with Crippen molar-refractivity contribution in [2.45, 2.75) is 19.4 Å². The largest absolute Gasteiger partial charge is 0.479 e. The first-order valence-corrected chi connectivity index (χ1v) is 5.59. The quantitative estimate of drug-likeness (QED) is 0.600. The molecule has 9 nitrogen and oxygen atoms in total. The Hall–Kier alpha value is -2.16. The summed E-state index contributed by atoms with van der Waals surface area (Å²) in [4.78, 5) is 25.9. The average Bonchev–Trinajstić information content (AvgIpc) is 2.75.